The molecule has 0 aliphatic carbocycles. The van der Waals surface area contributed by atoms with Crippen molar-refractivity contribution in [3.8, 4) is 6.07 Å². The summed E-state index contributed by atoms with van der Waals surface area (Å²) in [6, 6.07) is 9.85. The minimum atomic E-state index is -0.961. The minimum Gasteiger partial charge on any atom is -0.469 e. The number of nitrogens with zero attached hydrogens (tertiary/aromatic N) is 1. The van der Waals surface area contributed by atoms with Crippen LogP contribution in [0, 0.1) is 18.3 Å². The number of benzene rings is 1. The maximum atomic E-state index is 12.0. The fourth-order valence-electron chi connectivity index (χ4n) is 1.75. The number of carbonyl (C=O) groups is 2. The number of anilines is 1. The van der Waals surface area contributed by atoms with Crippen molar-refractivity contribution in [2.24, 2.45) is 0 Å². The molecule has 112 valence electrons. The van der Waals surface area contributed by atoms with Gasteiger partial charge in [-0.3, -0.25) is 4.79 Å². The first-order valence-electron chi connectivity index (χ1n) is 6.57. The first-order valence-corrected chi connectivity index (χ1v) is 6.57. The summed E-state index contributed by atoms with van der Waals surface area (Å²) in [5.41, 5.74) is 1.30. The highest BCUT2D eigenvalue weighted by Crippen LogP contribution is 2.13. The molecule has 22 heavy (non-hydrogen) atoms. The van der Waals surface area contributed by atoms with Crippen LogP contribution >= 0.6 is 0 Å². The van der Waals surface area contributed by atoms with Gasteiger partial charge in [0.1, 0.15) is 11.3 Å². The molecule has 1 heterocycles. The summed E-state index contributed by atoms with van der Waals surface area (Å²) in [7, 11) is 0. The summed E-state index contributed by atoms with van der Waals surface area (Å²) >= 11 is 0. The standard InChI is InChI=1S/C16H14N2O4/c1-10-14(7-8-21-10)16(20)22-11(2)15(19)18-13-5-3-12(9-17)4-6-13/h3-8,11H,1-2H3,(H,18,19)/t11-/m0/s1. The normalized spacial score (nSPS) is 11.3. The van der Waals surface area contributed by atoms with Crippen molar-refractivity contribution in [3.63, 3.8) is 0 Å². The van der Waals surface area contributed by atoms with Gasteiger partial charge < -0.3 is 14.5 Å². The van der Waals surface area contributed by atoms with Crippen LogP contribution in [-0.4, -0.2) is 18.0 Å². The highest BCUT2D eigenvalue weighted by Gasteiger charge is 2.21. The van der Waals surface area contributed by atoms with Crippen LogP contribution in [0.5, 0.6) is 0 Å². The van der Waals surface area contributed by atoms with Gasteiger partial charge in [-0.1, -0.05) is 0 Å². The molecule has 0 unspecified atom stereocenters. The number of nitriles is 1. The second-order valence-electron chi connectivity index (χ2n) is 4.62. The number of ether oxygens (including phenoxy) is 1. The molecular formula is C16H14N2O4. The lowest BCUT2D eigenvalue weighted by molar-refractivity contribution is -0.123. The third-order valence-corrected chi connectivity index (χ3v) is 3.01. The molecule has 1 aromatic heterocycles. The number of hydrogen-bond donors (Lipinski definition) is 1. The second kappa shape index (κ2) is 6.59. The highest BCUT2D eigenvalue weighted by atomic mass is 16.5. The van der Waals surface area contributed by atoms with Crippen molar-refractivity contribution in [2.75, 3.05) is 5.32 Å². The number of esters is 1. The van der Waals surface area contributed by atoms with Gasteiger partial charge >= 0.3 is 5.97 Å². The predicted molar refractivity (Wildman–Crippen MR) is 78.1 cm³/mol. The van der Waals surface area contributed by atoms with Gasteiger partial charge in [-0.2, -0.15) is 5.26 Å². The van der Waals surface area contributed by atoms with E-state index in [9.17, 15) is 9.59 Å². The minimum absolute atomic E-state index is 0.290. The van der Waals surface area contributed by atoms with Crippen molar-refractivity contribution in [2.45, 2.75) is 20.0 Å². The fraction of sp³-hybridized carbons (Fsp3) is 0.188. The maximum Gasteiger partial charge on any atom is 0.342 e. The van der Waals surface area contributed by atoms with E-state index in [-0.39, 0.29) is 5.56 Å². The predicted octanol–water partition coefficient (Wildman–Crippen LogP) is 2.64. The second-order valence-corrected chi connectivity index (χ2v) is 4.62. The Morgan fingerprint density at radius 2 is 1.95 bits per heavy atom. The van der Waals surface area contributed by atoms with E-state index in [0.29, 0.717) is 17.0 Å². The van der Waals surface area contributed by atoms with Gasteiger partial charge in [0.2, 0.25) is 0 Å². The molecule has 0 radical (unpaired) electrons. The zero-order chi connectivity index (χ0) is 16.1. The summed E-state index contributed by atoms with van der Waals surface area (Å²) in [5, 5.41) is 11.3. The summed E-state index contributed by atoms with van der Waals surface area (Å²) in [5.74, 6) is -0.641. The molecule has 0 saturated carbocycles. The van der Waals surface area contributed by atoms with E-state index in [1.807, 2.05) is 6.07 Å². The number of aryl methyl sites for hydroxylation is 1. The van der Waals surface area contributed by atoms with E-state index in [4.69, 9.17) is 14.4 Å². The van der Waals surface area contributed by atoms with E-state index in [0.717, 1.165) is 0 Å². The van der Waals surface area contributed by atoms with E-state index in [1.54, 1.807) is 31.2 Å². The van der Waals surface area contributed by atoms with Gasteiger partial charge in [0, 0.05) is 5.69 Å². The average molecular weight is 298 g/mol. The van der Waals surface area contributed by atoms with Gasteiger partial charge in [0.15, 0.2) is 6.10 Å². The number of carbonyl (C=O) groups excluding carboxylic acids is 2. The first-order chi connectivity index (χ1) is 10.5. The SMILES string of the molecule is Cc1occc1C(=O)O[C@@H](C)C(=O)Nc1ccc(C#N)cc1. The van der Waals surface area contributed by atoms with Crippen LogP contribution in [0.4, 0.5) is 5.69 Å². The third-order valence-electron chi connectivity index (χ3n) is 3.01. The largest absolute Gasteiger partial charge is 0.469 e. The van der Waals surface area contributed by atoms with E-state index in [2.05, 4.69) is 5.32 Å². The van der Waals surface area contributed by atoms with Crippen molar-refractivity contribution < 1.29 is 18.7 Å². The molecule has 6 nitrogen and oxygen atoms in total. The first kappa shape index (κ1) is 15.3. The molecule has 0 aliphatic heterocycles. The van der Waals surface area contributed by atoms with Gasteiger partial charge in [-0.25, -0.2) is 4.79 Å². The number of rotatable bonds is 4. The zero-order valence-corrected chi connectivity index (χ0v) is 12.1. The van der Waals surface area contributed by atoms with Crippen LogP contribution in [-0.2, 0) is 9.53 Å². The van der Waals surface area contributed by atoms with Gasteiger partial charge in [-0.15, -0.1) is 0 Å². The van der Waals surface area contributed by atoms with Crippen molar-refractivity contribution in [1.29, 1.82) is 5.26 Å². The maximum absolute atomic E-state index is 12.0. The van der Waals surface area contributed by atoms with Crippen LogP contribution in [0.3, 0.4) is 0 Å². The summed E-state index contributed by atoms with van der Waals surface area (Å²) in [6.45, 7) is 3.12. The molecule has 0 bridgehead atoms. The Labute approximate surface area is 127 Å². The molecule has 0 fully saturated rings. The fourth-order valence-corrected chi connectivity index (χ4v) is 1.75. The number of nitrogens with one attached hydrogen (secondary N) is 1. The van der Waals surface area contributed by atoms with E-state index >= 15 is 0 Å². The Hall–Kier alpha value is -3.07. The van der Waals surface area contributed by atoms with Crippen molar-refractivity contribution >= 4 is 17.6 Å². The molecule has 1 atom stereocenters. The lowest BCUT2D eigenvalue weighted by Gasteiger charge is -2.13. The topological polar surface area (TPSA) is 92.3 Å². The number of furan rings is 1. The molecule has 6 heteroatoms. The monoisotopic (exact) mass is 298 g/mol. The van der Waals surface area contributed by atoms with Crippen LogP contribution < -0.4 is 5.32 Å². The van der Waals surface area contributed by atoms with Gasteiger partial charge in [0.25, 0.3) is 5.91 Å². The number of amides is 1. The molecule has 0 saturated heterocycles. The zero-order valence-electron chi connectivity index (χ0n) is 12.1. The van der Waals surface area contributed by atoms with Gasteiger partial charge in [0.05, 0.1) is 17.9 Å². The Morgan fingerprint density at radius 3 is 2.50 bits per heavy atom. The lowest BCUT2D eigenvalue weighted by Crippen LogP contribution is -2.30. The molecule has 0 aliphatic rings. The Morgan fingerprint density at radius 1 is 1.27 bits per heavy atom. The van der Waals surface area contributed by atoms with E-state index < -0.39 is 18.0 Å². The summed E-state index contributed by atoms with van der Waals surface area (Å²) in [6.07, 6.45) is 0.422. The Kier molecular flexibility index (Phi) is 4.59. The van der Waals surface area contributed by atoms with Crippen LogP contribution in [0.2, 0.25) is 0 Å². The molecule has 1 amide bonds. The molecule has 2 aromatic rings. The molecular weight excluding hydrogens is 284 g/mol. The third kappa shape index (κ3) is 3.52. The number of hydrogen-bond acceptors (Lipinski definition) is 5. The van der Waals surface area contributed by atoms with E-state index in [1.165, 1.54) is 19.3 Å². The molecule has 1 aromatic carbocycles. The van der Waals surface area contributed by atoms with Crippen LogP contribution in [0.1, 0.15) is 28.6 Å². The smallest absolute Gasteiger partial charge is 0.342 e. The van der Waals surface area contributed by atoms with Crippen molar-refractivity contribution in [3.05, 3.63) is 53.5 Å². The average Bonchev–Trinajstić information content (AvgIpc) is 2.94. The van der Waals surface area contributed by atoms with Crippen molar-refractivity contribution in [1.82, 2.24) is 0 Å². The van der Waals surface area contributed by atoms with Crippen LogP contribution in [0.15, 0.2) is 41.0 Å². The molecule has 2 rings (SSSR count). The quantitative estimate of drug-likeness (QED) is 0.876. The lowest BCUT2D eigenvalue weighted by atomic mass is 10.2. The highest BCUT2D eigenvalue weighted by molar-refractivity contribution is 5.97. The van der Waals surface area contributed by atoms with Gasteiger partial charge in [-0.05, 0) is 44.2 Å². The van der Waals surface area contributed by atoms with Crippen LogP contribution in [0.25, 0.3) is 0 Å². The summed E-state index contributed by atoms with van der Waals surface area (Å²) < 4.78 is 10.1. The molecule has 0 spiro atoms. The Balaban J connectivity index is 1.96. The molecule has 1 N–H and O–H groups in total. The summed E-state index contributed by atoms with van der Waals surface area (Å²) in [4.78, 5) is 23.9. The Bertz CT molecular complexity index is 725.